The van der Waals surface area contributed by atoms with E-state index in [0.29, 0.717) is 4.90 Å². The average molecular weight is 394 g/mol. The van der Waals surface area contributed by atoms with Gasteiger partial charge in [0, 0.05) is 31.1 Å². The van der Waals surface area contributed by atoms with Gasteiger partial charge < -0.3 is 0 Å². The van der Waals surface area contributed by atoms with E-state index in [-0.39, 0.29) is 6.04 Å². The maximum absolute atomic E-state index is 12.4. The number of likely N-dealkylation sites (tertiary alicyclic amines) is 1. The highest BCUT2D eigenvalue weighted by molar-refractivity contribution is 7.89. The molecule has 26 heavy (non-hydrogen) atoms. The van der Waals surface area contributed by atoms with Crippen LogP contribution in [0.2, 0.25) is 0 Å². The van der Waals surface area contributed by atoms with Crippen molar-refractivity contribution in [3.05, 3.63) is 46.4 Å². The van der Waals surface area contributed by atoms with Gasteiger partial charge in [0.2, 0.25) is 10.0 Å². The second kappa shape index (κ2) is 9.08. The molecule has 1 aromatic carbocycles. The fraction of sp³-hybridized carbons (Fsp3) is 0.526. The molecule has 0 saturated carbocycles. The monoisotopic (exact) mass is 393 g/mol. The van der Waals surface area contributed by atoms with Gasteiger partial charge in [-0.3, -0.25) is 4.90 Å². The van der Waals surface area contributed by atoms with Crippen molar-refractivity contribution in [3.63, 3.8) is 0 Å². The quantitative estimate of drug-likeness (QED) is 0.746. The number of piperidine rings is 1. The number of sulfonamides is 1. The summed E-state index contributed by atoms with van der Waals surface area (Å²) in [6.07, 6.45) is 5.13. The third kappa shape index (κ3) is 5.36. The van der Waals surface area contributed by atoms with Crippen LogP contribution in [0.15, 0.2) is 40.6 Å². The number of benzene rings is 1. The molecule has 1 aliphatic heterocycles. The summed E-state index contributed by atoms with van der Waals surface area (Å²) in [5.74, 6) is 0. The minimum atomic E-state index is -3.42. The van der Waals surface area contributed by atoms with Crippen molar-refractivity contribution in [2.24, 2.45) is 0 Å². The molecule has 142 valence electrons. The topological polar surface area (TPSA) is 62.3 Å². The van der Waals surface area contributed by atoms with Crippen molar-refractivity contribution >= 4 is 21.4 Å². The van der Waals surface area contributed by atoms with Crippen LogP contribution in [0.5, 0.6) is 0 Å². The molecule has 1 aliphatic rings. The molecule has 0 unspecified atom stereocenters. The molecule has 1 saturated heterocycles. The molecule has 0 aliphatic carbocycles. The molecule has 7 heteroatoms. The van der Waals surface area contributed by atoms with Crippen molar-refractivity contribution in [3.8, 4) is 0 Å². The molecule has 1 N–H and O–H groups in total. The first-order chi connectivity index (χ1) is 12.6. The number of hydrogen-bond donors (Lipinski definition) is 1. The van der Waals surface area contributed by atoms with Crippen LogP contribution in [0.1, 0.15) is 43.3 Å². The van der Waals surface area contributed by atoms with Gasteiger partial charge >= 0.3 is 0 Å². The van der Waals surface area contributed by atoms with Crippen molar-refractivity contribution < 1.29 is 8.42 Å². The molecule has 3 rings (SSSR count). The minimum absolute atomic E-state index is 0.00649. The number of hydrogen-bond acceptors (Lipinski definition) is 5. The van der Waals surface area contributed by atoms with Gasteiger partial charge in [0.25, 0.3) is 0 Å². The number of unbranched alkanes of at least 4 members (excludes halogenated alkanes) is 1. The summed E-state index contributed by atoms with van der Waals surface area (Å²) in [5.41, 5.74) is 1.14. The molecular weight excluding hydrogens is 366 g/mol. The summed E-state index contributed by atoms with van der Waals surface area (Å²) in [6.45, 7) is 4.85. The van der Waals surface area contributed by atoms with Crippen LogP contribution in [0, 0.1) is 0 Å². The van der Waals surface area contributed by atoms with Gasteiger partial charge in [-0.05, 0) is 37.8 Å². The molecule has 1 fully saturated rings. The van der Waals surface area contributed by atoms with E-state index in [9.17, 15) is 8.42 Å². The molecule has 1 aromatic heterocycles. The molecule has 0 bridgehead atoms. The van der Waals surface area contributed by atoms with Gasteiger partial charge in [-0.2, -0.15) is 0 Å². The zero-order chi connectivity index (χ0) is 18.4. The number of aryl methyl sites for hydroxylation is 1. The van der Waals surface area contributed by atoms with Crippen molar-refractivity contribution in [1.82, 2.24) is 14.6 Å². The predicted octanol–water partition coefficient (Wildman–Crippen LogP) is 3.43. The van der Waals surface area contributed by atoms with Gasteiger partial charge in [0.05, 0.1) is 15.6 Å². The Hall–Kier alpha value is -1.28. The Bertz CT molecular complexity index is 782. The first kappa shape index (κ1) is 19.5. The largest absolute Gasteiger partial charge is 0.297 e. The van der Waals surface area contributed by atoms with Crippen LogP contribution in [0.4, 0.5) is 0 Å². The number of nitrogens with zero attached hydrogens (tertiary/aromatic N) is 2. The Labute approximate surface area is 160 Å². The fourth-order valence-electron chi connectivity index (χ4n) is 3.19. The molecule has 0 radical (unpaired) electrons. The molecule has 0 spiro atoms. The van der Waals surface area contributed by atoms with E-state index >= 15 is 0 Å². The molecule has 2 aromatic rings. The summed E-state index contributed by atoms with van der Waals surface area (Å²) in [6, 6.07) is 8.60. The van der Waals surface area contributed by atoms with Crippen molar-refractivity contribution in [2.75, 3.05) is 13.1 Å². The summed E-state index contributed by atoms with van der Waals surface area (Å²) < 4.78 is 27.7. The Morgan fingerprint density at radius 3 is 2.65 bits per heavy atom. The minimum Gasteiger partial charge on any atom is -0.297 e. The Morgan fingerprint density at radius 1 is 1.23 bits per heavy atom. The normalized spacial score (nSPS) is 16.8. The highest BCUT2D eigenvalue weighted by Crippen LogP contribution is 2.19. The second-order valence-corrected chi connectivity index (χ2v) is 9.48. The maximum Gasteiger partial charge on any atom is 0.240 e. The summed E-state index contributed by atoms with van der Waals surface area (Å²) in [4.78, 5) is 7.43. The number of nitrogens with one attached hydrogen (secondary N) is 1. The fourth-order valence-corrected chi connectivity index (χ4v) is 5.35. The van der Waals surface area contributed by atoms with Crippen molar-refractivity contribution in [2.45, 2.75) is 56.5 Å². The lowest BCUT2D eigenvalue weighted by Gasteiger charge is -2.31. The highest BCUT2D eigenvalue weighted by Gasteiger charge is 2.24. The van der Waals surface area contributed by atoms with Gasteiger partial charge in [-0.1, -0.05) is 31.5 Å². The molecule has 0 amide bonds. The van der Waals surface area contributed by atoms with E-state index in [1.165, 1.54) is 17.8 Å². The molecule has 0 atom stereocenters. The van der Waals surface area contributed by atoms with Gasteiger partial charge in [-0.15, -0.1) is 11.3 Å². The van der Waals surface area contributed by atoms with Crippen LogP contribution in [-0.2, 0) is 23.0 Å². The van der Waals surface area contributed by atoms with Crippen LogP contribution >= 0.6 is 11.3 Å². The lowest BCUT2D eigenvalue weighted by Crippen LogP contribution is -2.44. The third-order valence-electron chi connectivity index (χ3n) is 4.69. The van der Waals surface area contributed by atoms with Crippen LogP contribution in [0.3, 0.4) is 0 Å². The standard InChI is InChI=1S/C19H27N3O2S2/c1-2-3-9-19-20-17(15-25-19)14-22-12-10-16(11-13-22)21-26(23,24)18-7-5-4-6-8-18/h4-8,15-16,21H,2-3,9-14H2,1H3. The third-order valence-corrected chi connectivity index (χ3v) is 7.19. The van der Waals surface area contributed by atoms with Crippen LogP contribution in [0.25, 0.3) is 0 Å². The van der Waals surface area contributed by atoms with E-state index in [0.717, 1.165) is 44.6 Å². The van der Waals surface area contributed by atoms with Crippen LogP contribution < -0.4 is 4.72 Å². The number of aromatic nitrogens is 1. The Balaban J connectivity index is 1.48. The smallest absolute Gasteiger partial charge is 0.240 e. The first-order valence-corrected chi connectivity index (χ1v) is 11.7. The zero-order valence-electron chi connectivity index (χ0n) is 15.2. The number of thiazole rings is 1. The zero-order valence-corrected chi connectivity index (χ0v) is 16.9. The molecular formula is C19H27N3O2S2. The average Bonchev–Trinajstić information content (AvgIpc) is 3.09. The van der Waals surface area contributed by atoms with E-state index in [1.54, 1.807) is 35.6 Å². The van der Waals surface area contributed by atoms with E-state index in [1.807, 2.05) is 6.07 Å². The molecule has 5 nitrogen and oxygen atoms in total. The lowest BCUT2D eigenvalue weighted by atomic mass is 10.1. The maximum atomic E-state index is 12.4. The Kier molecular flexibility index (Phi) is 6.80. The van der Waals surface area contributed by atoms with Gasteiger partial charge in [0.15, 0.2) is 0 Å². The number of rotatable bonds is 8. The first-order valence-electron chi connectivity index (χ1n) is 9.30. The lowest BCUT2D eigenvalue weighted by molar-refractivity contribution is 0.198. The van der Waals surface area contributed by atoms with E-state index < -0.39 is 10.0 Å². The van der Waals surface area contributed by atoms with Crippen molar-refractivity contribution in [1.29, 1.82) is 0 Å². The van der Waals surface area contributed by atoms with Crippen LogP contribution in [-0.4, -0.2) is 37.4 Å². The highest BCUT2D eigenvalue weighted by atomic mass is 32.2. The predicted molar refractivity (Wildman–Crippen MR) is 106 cm³/mol. The second-order valence-electron chi connectivity index (χ2n) is 6.82. The Morgan fingerprint density at radius 2 is 1.96 bits per heavy atom. The van der Waals surface area contributed by atoms with Gasteiger partial charge in [0.1, 0.15) is 0 Å². The summed E-state index contributed by atoms with van der Waals surface area (Å²) in [5, 5.41) is 3.39. The van der Waals surface area contributed by atoms with E-state index in [2.05, 4.69) is 21.9 Å². The van der Waals surface area contributed by atoms with E-state index in [4.69, 9.17) is 4.98 Å². The molecule has 2 heterocycles. The summed E-state index contributed by atoms with van der Waals surface area (Å²) in [7, 11) is -3.42. The van der Waals surface area contributed by atoms with Gasteiger partial charge in [-0.25, -0.2) is 18.1 Å². The summed E-state index contributed by atoms with van der Waals surface area (Å²) >= 11 is 1.75. The SMILES string of the molecule is CCCCc1nc(CN2CCC(NS(=O)(=O)c3ccccc3)CC2)cs1.